The van der Waals surface area contributed by atoms with Crippen LogP contribution in [-0.2, 0) is 21.4 Å². The molecular formula is C22H20BrN3O5S. The van der Waals surface area contributed by atoms with Crippen molar-refractivity contribution in [2.45, 2.75) is 18.4 Å². The highest BCUT2D eigenvalue weighted by Crippen LogP contribution is 2.23. The number of sulfonamides is 1. The van der Waals surface area contributed by atoms with Crippen LogP contribution in [0.2, 0.25) is 0 Å². The van der Waals surface area contributed by atoms with Crippen LogP contribution >= 0.6 is 15.9 Å². The van der Waals surface area contributed by atoms with Crippen molar-refractivity contribution >= 4 is 43.2 Å². The summed E-state index contributed by atoms with van der Waals surface area (Å²) in [5.41, 5.74) is 1.42. The molecule has 3 aromatic carbocycles. The molecule has 1 N–H and O–H groups in total. The lowest BCUT2D eigenvalue weighted by molar-refractivity contribution is -0.384. The highest BCUT2D eigenvalue weighted by molar-refractivity contribution is 9.10. The maximum Gasteiger partial charge on any atom is 0.271 e. The second-order valence-electron chi connectivity index (χ2n) is 7.02. The lowest BCUT2D eigenvalue weighted by atomic mass is 10.2. The van der Waals surface area contributed by atoms with Gasteiger partial charge in [-0.2, -0.15) is 4.31 Å². The molecule has 8 nitrogen and oxygen atoms in total. The van der Waals surface area contributed by atoms with Crippen LogP contribution in [0.15, 0.2) is 82.2 Å². The fourth-order valence-electron chi connectivity index (χ4n) is 2.98. The third-order valence-electron chi connectivity index (χ3n) is 4.68. The Kier molecular flexibility index (Phi) is 7.39. The molecule has 0 spiro atoms. The van der Waals surface area contributed by atoms with Crippen molar-refractivity contribution in [1.29, 1.82) is 0 Å². The Labute approximate surface area is 194 Å². The minimum Gasteiger partial charge on any atom is -0.324 e. The number of halogens is 1. The van der Waals surface area contributed by atoms with E-state index in [2.05, 4.69) is 21.2 Å². The summed E-state index contributed by atoms with van der Waals surface area (Å²) in [5, 5.41) is 13.6. The third-order valence-corrected chi connectivity index (χ3v) is 7.01. The summed E-state index contributed by atoms with van der Waals surface area (Å²) in [5.74, 6) is -0.606. The Balaban J connectivity index is 1.88. The van der Waals surface area contributed by atoms with E-state index >= 15 is 0 Å². The zero-order valence-corrected chi connectivity index (χ0v) is 19.5. The number of hydrogen-bond donors (Lipinski definition) is 1. The summed E-state index contributed by atoms with van der Waals surface area (Å²) in [6, 6.07) is 19.2. The van der Waals surface area contributed by atoms with E-state index in [9.17, 15) is 23.3 Å². The molecular weight excluding hydrogens is 498 g/mol. The number of benzene rings is 3. The van der Waals surface area contributed by atoms with Gasteiger partial charge >= 0.3 is 0 Å². The first-order chi connectivity index (χ1) is 15.2. The van der Waals surface area contributed by atoms with Gasteiger partial charge in [0.25, 0.3) is 5.69 Å². The molecule has 3 rings (SSSR count). The van der Waals surface area contributed by atoms with E-state index in [4.69, 9.17) is 0 Å². The van der Waals surface area contributed by atoms with E-state index in [0.29, 0.717) is 11.1 Å². The number of nitro benzene ring substituents is 1. The number of carbonyl (C=O) groups excluding carboxylic acids is 1. The van der Waals surface area contributed by atoms with E-state index < -0.39 is 27.4 Å². The number of aryl methyl sites for hydroxylation is 1. The number of nitro groups is 1. The van der Waals surface area contributed by atoms with E-state index in [1.807, 2.05) is 6.07 Å². The Hall–Kier alpha value is -3.08. The highest BCUT2D eigenvalue weighted by atomic mass is 79.9. The summed E-state index contributed by atoms with van der Waals surface area (Å²) in [6.45, 7) is 1.22. The van der Waals surface area contributed by atoms with Gasteiger partial charge in [-0.15, -0.1) is 0 Å². The minimum atomic E-state index is -3.99. The first-order valence-corrected chi connectivity index (χ1v) is 11.7. The second-order valence-corrected chi connectivity index (χ2v) is 9.87. The zero-order valence-electron chi connectivity index (χ0n) is 17.1. The molecule has 0 aromatic heterocycles. The van der Waals surface area contributed by atoms with Gasteiger partial charge < -0.3 is 5.32 Å². The largest absolute Gasteiger partial charge is 0.324 e. The topological polar surface area (TPSA) is 110 Å². The normalized spacial score (nSPS) is 11.3. The number of amides is 1. The molecule has 0 aliphatic rings. The molecule has 10 heteroatoms. The van der Waals surface area contributed by atoms with E-state index in [-0.39, 0.29) is 22.8 Å². The van der Waals surface area contributed by atoms with Crippen LogP contribution in [0.1, 0.15) is 11.1 Å². The lowest BCUT2D eigenvalue weighted by Gasteiger charge is -2.22. The van der Waals surface area contributed by atoms with E-state index in [0.717, 1.165) is 8.78 Å². The van der Waals surface area contributed by atoms with Gasteiger partial charge in [0.15, 0.2) is 0 Å². The molecule has 0 saturated carbocycles. The Morgan fingerprint density at radius 2 is 1.72 bits per heavy atom. The summed E-state index contributed by atoms with van der Waals surface area (Å²) in [4.78, 5) is 23.3. The number of hydrogen-bond acceptors (Lipinski definition) is 5. The van der Waals surface area contributed by atoms with Crippen molar-refractivity contribution in [2.24, 2.45) is 0 Å². The maximum absolute atomic E-state index is 13.3. The monoisotopic (exact) mass is 517 g/mol. The van der Waals surface area contributed by atoms with Crippen molar-refractivity contribution in [3.8, 4) is 0 Å². The average Bonchev–Trinajstić information content (AvgIpc) is 2.75. The van der Waals surface area contributed by atoms with Crippen LogP contribution in [-0.4, -0.2) is 30.1 Å². The molecule has 0 bridgehead atoms. The van der Waals surface area contributed by atoms with Gasteiger partial charge in [0.05, 0.1) is 22.1 Å². The zero-order chi connectivity index (χ0) is 23.3. The Bertz CT molecular complexity index is 1230. The van der Waals surface area contributed by atoms with Crippen LogP contribution in [0, 0.1) is 17.0 Å². The van der Waals surface area contributed by atoms with Gasteiger partial charge in [-0.05, 0) is 42.3 Å². The number of nitrogens with one attached hydrogen (secondary N) is 1. The summed E-state index contributed by atoms with van der Waals surface area (Å²) < 4.78 is 28.4. The summed E-state index contributed by atoms with van der Waals surface area (Å²) >= 11 is 3.28. The number of carbonyl (C=O) groups is 1. The van der Waals surface area contributed by atoms with Crippen molar-refractivity contribution in [3.05, 3.63) is 98.5 Å². The molecule has 0 heterocycles. The highest BCUT2D eigenvalue weighted by Gasteiger charge is 2.27. The van der Waals surface area contributed by atoms with Crippen molar-refractivity contribution < 1.29 is 18.1 Å². The molecule has 0 atom stereocenters. The van der Waals surface area contributed by atoms with E-state index in [1.54, 1.807) is 43.3 Å². The first-order valence-electron chi connectivity index (χ1n) is 9.51. The molecule has 0 radical (unpaired) electrons. The van der Waals surface area contributed by atoms with Gasteiger partial charge in [-0.25, -0.2) is 8.42 Å². The van der Waals surface area contributed by atoms with Gasteiger partial charge in [-0.1, -0.05) is 52.3 Å². The van der Waals surface area contributed by atoms with Gasteiger partial charge in [0.2, 0.25) is 15.9 Å². The smallest absolute Gasteiger partial charge is 0.271 e. The number of non-ortho nitro benzene ring substituents is 1. The predicted octanol–water partition coefficient (Wildman–Crippen LogP) is 4.50. The van der Waals surface area contributed by atoms with Crippen LogP contribution in [0.4, 0.5) is 11.4 Å². The fraction of sp³-hybridized carbons (Fsp3) is 0.136. The Morgan fingerprint density at radius 1 is 1.06 bits per heavy atom. The van der Waals surface area contributed by atoms with Crippen molar-refractivity contribution in [1.82, 2.24) is 4.31 Å². The molecule has 0 aliphatic carbocycles. The van der Waals surface area contributed by atoms with Crippen LogP contribution in [0.3, 0.4) is 0 Å². The average molecular weight is 518 g/mol. The fourth-order valence-corrected chi connectivity index (χ4v) is 4.63. The summed E-state index contributed by atoms with van der Waals surface area (Å²) in [6.07, 6.45) is 0. The number of rotatable bonds is 8. The van der Waals surface area contributed by atoms with Gasteiger partial charge in [0, 0.05) is 23.2 Å². The first kappa shape index (κ1) is 23.6. The number of anilines is 1. The molecule has 0 fully saturated rings. The van der Waals surface area contributed by atoms with Gasteiger partial charge in [0.1, 0.15) is 0 Å². The Morgan fingerprint density at radius 3 is 2.34 bits per heavy atom. The SMILES string of the molecule is Cc1ccc([N+](=O)[O-])cc1NC(=O)CN(Cc1ccccc1)S(=O)(=O)c1ccc(Br)cc1. The van der Waals surface area contributed by atoms with E-state index in [1.165, 1.54) is 30.3 Å². The molecule has 3 aromatic rings. The van der Waals surface area contributed by atoms with Crippen LogP contribution in [0.25, 0.3) is 0 Å². The molecule has 166 valence electrons. The third kappa shape index (κ3) is 5.78. The summed E-state index contributed by atoms with van der Waals surface area (Å²) in [7, 11) is -3.99. The quantitative estimate of drug-likeness (QED) is 0.349. The number of nitrogens with zero attached hydrogens (tertiary/aromatic N) is 2. The molecule has 0 aliphatic heterocycles. The molecule has 1 amide bonds. The van der Waals surface area contributed by atoms with Crippen LogP contribution < -0.4 is 5.32 Å². The predicted molar refractivity (Wildman–Crippen MR) is 125 cm³/mol. The lowest BCUT2D eigenvalue weighted by Crippen LogP contribution is -2.37. The maximum atomic E-state index is 13.3. The molecule has 0 unspecified atom stereocenters. The van der Waals surface area contributed by atoms with Gasteiger partial charge in [-0.3, -0.25) is 14.9 Å². The standard InChI is InChI=1S/C22H20BrN3O5S/c1-16-7-10-19(26(28)29)13-21(16)24-22(27)15-25(14-17-5-3-2-4-6-17)32(30,31)20-11-8-18(23)9-12-20/h2-13H,14-15H2,1H3,(H,24,27). The van der Waals surface area contributed by atoms with Crippen molar-refractivity contribution in [2.75, 3.05) is 11.9 Å². The van der Waals surface area contributed by atoms with Crippen molar-refractivity contribution in [3.63, 3.8) is 0 Å². The molecule has 32 heavy (non-hydrogen) atoms. The molecule has 0 saturated heterocycles. The minimum absolute atomic E-state index is 0.0133. The second kappa shape index (κ2) is 10.0. The van der Waals surface area contributed by atoms with Crippen LogP contribution in [0.5, 0.6) is 0 Å².